The highest BCUT2D eigenvalue weighted by molar-refractivity contribution is 6.05. The van der Waals surface area contributed by atoms with Crippen LogP contribution < -0.4 is 10.7 Å². The molecule has 0 radical (unpaired) electrons. The highest BCUT2D eigenvalue weighted by Gasteiger charge is 2.26. The Hall–Kier alpha value is -4.23. The fourth-order valence-electron chi connectivity index (χ4n) is 4.55. The van der Waals surface area contributed by atoms with Crippen molar-refractivity contribution in [3.63, 3.8) is 0 Å². The molecule has 182 valence electrons. The lowest BCUT2D eigenvalue weighted by Gasteiger charge is -2.34. The van der Waals surface area contributed by atoms with E-state index in [2.05, 4.69) is 5.32 Å². The number of piperazine rings is 1. The van der Waals surface area contributed by atoms with Gasteiger partial charge in [-0.3, -0.25) is 19.3 Å². The molecule has 4 aromatic rings. The van der Waals surface area contributed by atoms with Crippen LogP contribution in [0.15, 0.2) is 88.1 Å². The molecule has 0 saturated carbocycles. The Morgan fingerprint density at radius 3 is 2.22 bits per heavy atom. The molecule has 5 rings (SSSR count). The minimum atomic E-state index is -0.181. The standard InChI is InChI=1S/C29H27N3O4/c1-20-26(34)23-13-8-14-24(28(23)36-27(20)21-9-4-2-5-10-21)29(35)32-17-15-31(16-18-32)19-25(33)30-22-11-6-3-7-12-22/h2-14H,15-19H2,1H3,(H,30,33). The summed E-state index contributed by atoms with van der Waals surface area (Å²) < 4.78 is 6.22. The Kier molecular flexibility index (Phi) is 6.64. The van der Waals surface area contributed by atoms with Crippen molar-refractivity contribution in [3.05, 3.63) is 100 Å². The number of rotatable bonds is 5. The third-order valence-electron chi connectivity index (χ3n) is 6.50. The number of anilines is 1. The average molecular weight is 482 g/mol. The minimum Gasteiger partial charge on any atom is -0.455 e. The lowest BCUT2D eigenvalue weighted by molar-refractivity contribution is -0.117. The van der Waals surface area contributed by atoms with Crippen LogP contribution in [-0.4, -0.2) is 54.3 Å². The minimum absolute atomic E-state index is 0.0828. The summed E-state index contributed by atoms with van der Waals surface area (Å²) in [5.41, 5.74) is 2.61. The van der Waals surface area contributed by atoms with E-state index in [1.54, 1.807) is 30.0 Å². The Morgan fingerprint density at radius 2 is 1.53 bits per heavy atom. The van der Waals surface area contributed by atoms with Crippen LogP contribution in [0.2, 0.25) is 0 Å². The van der Waals surface area contributed by atoms with Gasteiger partial charge in [0.25, 0.3) is 5.91 Å². The number of carbonyl (C=O) groups excluding carboxylic acids is 2. The summed E-state index contributed by atoms with van der Waals surface area (Å²) in [5, 5.41) is 3.29. The normalized spacial score (nSPS) is 14.1. The van der Waals surface area contributed by atoms with Gasteiger partial charge in [-0.15, -0.1) is 0 Å². The molecule has 36 heavy (non-hydrogen) atoms. The number of benzene rings is 3. The molecular weight excluding hydrogens is 454 g/mol. The molecule has 0 bridgehead atoms. The fourth-order valence-corrected chi connectivity index (χ4v) is 4.55. The van der Waals surface area contributed by atoms with E-state index >= 15 is 0 Å². The van der Waals surface area contributed by atoms with Gasteiger partial charge in [0, 0.05) is 43.0 Å². The maximum Gasteiger partial charge on any atom is 0.257 e. The number of carbonyl (C=O) groups is 2. The first-order valence-corrected chi connectivity index (χ1v) is 12.0. The van der Waals surface area contributed by atoms with Crippen LogP contribution in [-0.2, 0) is 4.79 Å². The first kappa shape index (κ1) is 23.5. The van der Waals surface area contributed by atoms with Crippen LogP contribution in [0.5, 0.6) is 0 Å². The van der Waals surface area contributed by atoms with E-state index in [0.717, 1.165) is 11.3 Å². The van der Waals surface area contributed by atoms with E-state index in [1.807, 2.05) is 65.6 Å². The molecule has 1 aliphatic heterocycles. The van der Waals surface area contributed by atoms with Crippen LogP contribution >= 0.6 is 0 Å². The van der Waals surface area contributed by atoms with Crippen molar-refractivity contribution in [1.29, 1.82) is 0 Å². The van der Waals surface area contributed by atoms with Crippen LogP contribution in [0.4, 0.5) is 5.69 Å². The molecule has 2 heterocycles. The van der Waals surface area contributed by atoms with Gasteiger partial charge in [-0.2, -0.15) is 0 Å². The lowest BCUT2D eigenvalue weighted by atomic mass is 10.0. The number of nitrogens with zero attached hydrogens (tertiary/aromatic N) is 2. The van der Waals surface area contributed by atoms with Gasteiger partial charge >= 0.3 is 0 Å². The molecule has 0 unspecified atom stereocenters. The lowest BCUT2D eigenvalue weighted by Crippen LogP contribution is -2.50. The van der Waals surface area contributed by atoms with Gasteiger partial charge in [0.05, 0.1) is 17.5 Å². The van der Waals surface area contributed by atoms with Gasteiger partial charge < -0.3 is 14.6 Å². The molecule has 1 N–H and O–H groups in total. The molecule has 7 nitrogen and oxygen atoms in total. The Morgan fingerprint density at radius 1 is 0.861 bits per heavy atom. The number of hydrogen-bond acceptors (Lipinski definition) is 5. The molecule has 3 aromatic carbocycles. The van der Waals surface area contributed by atoms with E-state index < -0.39 is 0 Å². The largest absolute Gasteiger partial charge is 0.455 e. The Labute approximate surface area is 208 Å². The quantitative estimate of drug-likeness (QED) is 0.463. The third kappa shape index (κ3) is 4.78. The summed E-state index contributed by atoms with van der Waals surface area (Å²) in [6, 6.07) is 23.9. The maximum atomic E-state index is 13.5. The second kappa shape index (κ2) is 10.2. The predicted molar refractivity (Wildman–Crippen MR) is 140 cm³/mol. The van der Waals surface area contributed by atoms with Gasteiger partial charge in [-0.05, 0) is 31.2 Å². The zero-order chi connectivity index (χ0) is 25.1. The second-order valence-corrected chi connectivity index (χ2v) is 8.92. The van der Waals surface area contributed by atoms with Crippen molar-refractivity contribution in [2.45, 2.75) is 6.92 Å². The summed E-state index contributed by atoms with van der Waals surface area (Å²) in [4.78, 5) is 42.8. The Balaban J connectivity index is 1.32. The van der Waals surface area contributed by atoms with E-state index in [1.165, 1.54) is 0 Å². The summed E-state index contributed by atoms with van der Waals surface area (Å²) >= 11 is 0. The van der Waals surface area contributed by atoms with Gasteiger partial charge in [-0.1, -0.05) is 54.6 Å². The van der Waals surface area contributed by atoms with E-state index in [0.29, 0.717) is 54.0 Å². The zero-order valence-corrected chi connectivity index (χ0v) is 20.1. The van der Waals surface area contributed by atoms with Crippen LogP contribution in [0.3, 0.4) is 0 Å². The number of para-hydroxylation sites is 2. The van der Waals surface area contributed by atoms with Crippen LogP contribution in [0, 0.1) is 6.92 Å². The third-order valence-corrected chi connectivity index (χ3v) is 6.50. The number of fused-ring (bicyclic) bond motifs is 1. The molecular formula is C29H27N3O4. The molecule has 7 heteroatoms. The average Bonchev–Trinajstić information content (AvgIpc) is 2.91. The summed E-state index contributed by atoms with van der Waals surface area (Å²) in [6.07, 6.45) is 0. The van der Waals surface area contributed by atoms with Crippen molar-refractivity contribution in [2.75, 3.05) is 38.0 Å². The molecule has 1 saturated heterocycles. The molecule has 1 fully saturated rings. The van der Waals surface area contributed by atoms with Gasteiger partial charge in [0.1, 0.15) is 5.76 Å². The zero-order valence-electron chi connectivity index (χ0n) is 20.1. The first-order chi connectivity index (χ1) is 17.5. The maximum absolute atomic E-state index is 13.5. The number of amides is 2. The van der Waals surface area contributed by atoms with Crippen LogP contribution in [0.25, 0.3) is 22.3 Å². The predicted octanol–water partition coefficient (Wildman–Crippen LogP) is 4.16. The number of hydrogen-bond donors (Lipinski definition) is 1. The first-order valence-electron chi connectivity index (χ1n) is 12.0. The highest BCUT2D eigenvalue weighted by Crippen LogP contribution is 2.28. The van der Waals surface area contributed by atoms with E-state index in [9.17, 15) is 14.4 Å². The summed E-state index contributed by atoms with van der Waals surface area (Å²) in [6.45, 7) is 4.13. The number of nitrogens with one attached hydrogen (secondary N) is 1. The Bertz CT molecular complexity index is 1460. The molecule has 0 spiro atoms. The molecule has 1 aromatic heterocycles. The van der Waals surface area contributed by atoms with Gasteiger partial charge in [0.15, 0.2) is 11.0 Å². The van der Waals surface area contributed by atoms with E-state index in [4.69, 9.17) is 4.42 Å². The monoisotopic (exact) mass is 481 g/mol. The second-order valence-electron chi connectivity index (χ2n) is 8.92. The summed E-state index contributed by atoms with van der Waals surface area (Å²) in [7, 11) is 0. The molecule has 0 aliphatic carbocycles. The van der Waals surface area contributed by atoms with Crippen molar-refractivity contribution >= 4 is 28.5 Å². The molecule has 2 amide bonds. The fraction of sp³-hybridized carbons (Fsp3) is 0.207. The SMILES string of the molecule is Cc1c(-c2ccccc2)oc2c(C(=O)N3CCN(CC(=O)Nc4ccccc4)CC3)cccc2c1=O. The molecule has 0 atom stereocenters. The molecule has 1 aliphatic rings. The highest BCUT2D eigenvalue weighted by atomic mass is 16.3. The van der Waals surface area contributed by atoms with Gasteiger partial charge in [0.2, 0.25) is 5.91 Å². The van der Waals surface area contributed by atoms with E-state index in [-0.39, 0.29) is 23.8 Å². The van der Waals surface area contributed by atoms with Crippen molar-refractivity contribution in [1.82, 2.24) is 9.80 Å². The smallest absolute Gasteiger partial charge is 0.257 e. The summed E-state index contributed by atoms with van der Waals surface area (Å²) in [5.74, 6) is 0.211. The van der Waals surface area contributed by atoms with Crippen molar-refractivity contribution in [2.24, 2.45) is 0 Å². The van der Waals surface area contributed by atoms with Crippen molar-refractivity contribution in [3.8, 4) is 11.3 Å². The van der Waals surface area contributed by atoms with Gasteiger partial charge in [-0.25, -0.2) is 0 Å². The van der Waals surface area contributed by atoms with Crippen molar-refractivity contribution < 1.29 is 14.0 Å². The topological polar surface area (TPSA) is 82.9 Å². The van der Waals surface area contributed by atoms with Crippen LogP contribution in [0.1, 0.15) is 15.9 Å².